The Morgan fingerprint density at radius 2 is 1.02 bits per heavy atom. The Morgan fingerprint density at radius 1 is 0.452 bits per heavy atom. The number of benzene rings is 5. The number of aromatic nitrogens is 3. The van der Waals surface area contributed by atoms with Gasteiger partial charge in [0.15, 0.2) is 17.5 Å². The number of allylic oxidation sites excluding steroid dienone is 5. The van der Waals surface area contributed by atoms with Gasteiger partial charge < -0.3 is 0 Å². The Labute approximate surface area is 245 Å². The largest absolute Gasteiger partial charge is 0.209 e. The van der Waals surface area contributed by atoms with Crippen LogP contribution >= 0.6 is 0 Å². The lowest BCUT2D eigenvalue weighted by Gasteiger charge is -2.17. The highest BCUT2D eigenvalue weighted by Gasteiger charge is 2.18. The summed E-state index contributed by atoms with van der Waals surface area (Å²) in [6.07, 6.45) is 12.9. The minimum atomic E-state index is 0.712. The van der Waals surface area contributed by atoms with Crippen LogP contribution in [-0.4, -0.2) is 15.0 Å². The molecule has 1 heterocycles. The summed E-state index contributed by atoms with van der Waals surface area (Å²) >= 11 is 0. The molecule has 2 aliphatic rings. The molecule has 5 aromatic carbocycles. The Hall–Kier alpha value is -5.15. The maximum absolute atomic E-state index is 5.06. The predicted molar refractivity (Wildman–Crippen MR) is 175 cm³/mol. The van der Waals surface area contributed by atoms with E-state index in [-0.39, 0.29) is 0 Å². The molecule has 0 spiro atoms. The number of nitrogens with zero attached hydrogens (tertiary/aromatic N) is 3. The van der Waals surface area contributed by atoms with Crippen molar-refractivity contribution in [2.45, 2.75) is 25.7 Å². The van der Waals surface area contributed by atoms with Crippen molar-refractivity contribution in [1.29, 1.82) is 0 Å². The normalized spacial score (nSPS) is 14.5. The van der Waals surface area contributed by atoms with E-state index in [1.54, 1.807) is 0 Å². The topological polar surface area (TPSA) is 38.7 Å². The summed E-state index contributed by atoms with van der Waals surface area (Å²) in [5.41, 5.74) is 8.45. The Kier molecular flexibility index (Phi) is 6.07. The third kappa shape index (κ3) is 4.63. The summed E-state index contributed by atoms with van der Waals surface area (Å²) in [6, 6.07) is 36.8. The summed E-state index contributed by atoms with van der Waals surface area (Å²) in [6.45, 7) is 0. The molecule has 0 saturated heterocycles. The van der Waals surface area contributed by atoms with Crippen LogP contribution in [0.3, 0.4) is 0 Å². The lowest BCUT2D eigenvalue weighted by Crippen LogP contribution is -2.05. The van der Waals surface area contributed by atoms with Crippen LogP contribution in [0.5, 0.6) is 0 Å². The van der Waals surface area contributed by atoms with Gasteiger partial charge >= 0.3 is 0 Å². The van der Waals surface area contributed by atoms with Crippen molar-refractivity contribution in [2.75, 3.05) is 0 Å². The Morgan fingerprint density at radius 3 is 1.74 bits per heavy atom. The molecule has 0 unspecified atom stereocenters. The van der Waals surface area contributed by atoms with Gasteiger partial charge in [0.1, 0.15) is 0 Å². The highest BCUT2D eigenvalue weighted by atomic mass is 15.0. The van der Waals surface area contributed by atoms with E-state index >= 15 is 0 Å². The molecule has 42 heavy (non-hydrogen) atoms. The summed E-state index contributed by atoms with van der Waals surface area (Å²) < 4.78 is 0. The molecule has 3 nitrogen and oxygen atoms in total. The van der Waals surface area contributed by atoms with Crippen LogP contribution in [0.2, 0.25) is 0 Å². The first-order valence-corrected chi connectivity index (χ1v) is 14.7. The zero-order valence-electron chi connectivity index (χ0n) is 23.3. The van der Waals surface area contributed by atoms with E-state index in [9.17, 15) is 0 Å². The van der Waals surface area contributed by atoms with Gasteiger partial charge in [0.2, 0.25) is 0 Å². The van der Waals surface area contributed by atoms with E-state index in [1.165, 1.54) is 43.8 Å². The van der Waals surface area contributed by atoms with E-state index < -0.39 is 0 Å². The van der Waals surface area contributed by atoms with E-state index in [0.29, 0.717) is 5.82 Å². The van der Waals surface area contributed by atoms with Crippen molar-refractivity contribution in [3.05, 3.63) is 144 Å². The van der Waals surface area contributed by atoms with E-state index in [1.807, 2.05) is 0 Å². The van der Waals surface area contributed by atoms with Crippen molar-refractivity contribution in [1.82, 2.24) is 15.0 Å². The van der Waals surface area contributed by atoms with Gasteiger partial charge in [0.25, 0.3) is 0 Å². The molecule has 0 fully saturated rings. The number of hydrogen-bond donors (Lipinski definition) is 0. The van der Waals surface area contributed by atoms with Crippen molar-refractivity contribution in [3.8, 4) is 22.8 Å². The highest BCUT2D eigenvalue weighted by molar-refractivity contribution is 5.88. The monoisotopic (exact) mass is 539 g/mol. The van der Waals surface area contributed by atoms with Crippen LogP contribution in [0.1, 0.15) is 41.8 Å². The fourth-order valence-corrected chi connectivity index (χ4v) is 6.13. The summed E-state index contributed by atoms with van der Waals surface area (Å²) in [5, 5.41) is 4.93. The molecular weight excluding hydrogens is 510 g/mol. The minimum absolute atomic E-state index is 0.712. The second-order valence-electron chi connectivity index (χ2n) is 11.2. The van der Waals surface area contributed by atoms with Crippen LogP contribution in [-0.2, 0) is 6.42 Å². The first-order valence-electron chi connectivity index (χ1n) is 14.7. The minimum Gasteiger partial charge on any atom is -0.209 e. The molecular formula is C39H29N3. The molecule has 0 atom stereocenters. The molecule has 3 heteroatoms. The number of hydrogen-bond acceptors (Lipinski definition) is 3. The van der Waals surface area contributed by atoms with Gasteiger partial charge in [-0.1, -0.05) is 109 Å². The smallest absolute Gasteiger partial charge is 0.164 e. The van der Waals surface area contributed by atoms with Crippen molar-refractivity contribution in [2.24, 2.45) is 0 Å². The van der Waals surface area contributed by atoms with Crippen molar-refractivity contribution in [3.63, 3.8) is 0 Å². The summed E-state index contributed by atoms with van der Waals surface area (Å²) in [7, 11) is 0. The fourth-order valence-electron chi connectivity index (χ4n) is 6.13. The molecule has 0 amide bonds. The fraction of sp³-hybridized carbons (Fsp3) is 0.103. The Bertz CT molecular complexity index is 2100. The van der Waals surface area contributed by atoms with Crippen LogP contribution in [0.25, 0.3) is 61.5 Å². The molecule has 0 saturated carbocycles. The number of fused-ring (bicyclic) bond motifs is 3. The number of rotatable bonds is 4. The Balaban J connectivity index is 1.22. The molecule has 0 bridgehead atoms. The predicted octanol–water partition coefficient (Wildman–Crippen LogP) is 9.73. The average molecular weight is 540 g/mol. The van der Waals surface area contributed by atoms with Crippen LogP contribution in [0.4, 0.5) is 0 Å². The molecule has 200 valence electrons. The van der Waals surface area contributed by atoms with Gasteiger partial charge in [-0.25, -0.2) is 15.0 Å². The number of aryl methyl sites for hydroxylation is 1. The summed E-state index contributed by atoms with van der Waals surface area (Å²) in [5.74, 6) is 2.20. The van der Waals surface area contributed by atoms with Crippen LogP contribution in [0, 0.1) is 0 Å². The first-order chi connectivity index (χ1) is 20.8. The zero-order chi connectivity index (χ0) is 27.9. The third-order valence-electron chi connectivity index (χ3n) is 8.48. The van der Waals surface area contributed by atoms with Gasteiger partial charge in [0.05, 0.1) is 0 Å². The standard InChI is InChI=1S/C39H29N3/c1-4-10-31-23-34(20-15-26(31)7-1)29-13-18-30(19-14-29)37-40-38(35-21-16-27-8-2-5-11-32(27)24-35)42-39(41-37)36-22-17-28-9-3-6-12-33(28)25-36/h1-5,7-11,13,15-18,20-25H,6,12,14,19H2. The maximum Gasteiger partial charge on any atom is 0.164 e. The van der Waals surface area contributed by atoms with Crippen molar-refractivity contribution < 1.29 is 0 Å². The maximum atomic E-state index is 5.06. The molecule has 0 N–H and O–H groups in total. The van der Waals surface area contributed by atoms with Gasteiger partial charge in [-0.3, -0.25) is 0 Å². The molecule has 8 rings (SSSR count). The van der Waals surface area contributed by atoms with Gasteiger partial charge in [-0.2, -0.15) is 0 Å². The second-order valence-corrected chi connectivity index (χ2v) is 11.2. The third-order valence-corrected chi connectivity index (χ3v) is 8.48. The van der Waals surface area contributed by atoms with E-state index in [4.69, 9.17) is 15.0 Å². The van der Waals surface area contributed by atoms with Crippen molar-refractivity contribution >= 4 is 38.8 Å². The van der Waals surface area contributed by atoms with Gasteiger partial charge in [-0.15, -0.1) is 0 Å². The first kappa shape index (κ1) is 24.6. The quantitative estimate of drug-likeness (QED) is 0.224. The molecule has 1 aromatic heterocycles. The molecule has 2 aliphatic carbocycles. The zero-order valence-corrected chi connectivity index (χ0v) is 23.3. The summed E-state index contributed by atoms with van der Waals surface area (Å²) in [4.78, 5) is 15.2. The molecule has 0 aliphatic heterocycles. The average Bonchev–Trinajstić information content (AvgIpc) is 3.07. The van der Waals surface area contributed by atoms with Gasteiger partial charge in [0, 0.05) is 11.1 Å². The lowest BCUT2D eigenvalue weighted by atomic mass is 9.91. The van der Waals surface area contributed by atoms with Gasteiger partial charge in [-0.05, 0) is 93.3 Å². The lowest BCUT2D eigenvalue weighted by molar-refractivity contribution is 0.974. The van der Waals surface area contributed by atoms with Crippen LogP contribution < -0.4 is 0 Å². The van der Waals surface area contributed by atoms with Crippen LogP contribution in [0.15, 0.2) is 121 Å². The molecule has 6 aromatic rings. The van der Waals surface area contributed by atoms with E-state index in [2.05, 4.69) is 127 Å². The highest BCUT2D eigenvalue weighted by Crippen LogP contribution is 2.34. The van der Waals surface area contributed by atoms with E-state index in [0.717, 1.165) is 54.0 Å². The second kappa shape index (κ2) is 10.4. The molecule has 0 radical (unpaired) electrons. The SMILES string of the molecule is C1=Cc2ccc(-c3nc(C4=CC=C(c5ccc6ccccc6c5)CC4)nc(-c4ccc5ccccc5c4)n3)cc2CC1.